The Morgan fingerprint density at radius 2 is 1.64 bits per heavy atom. The number of anilines is 1. The first-order valence-electron chi connectivity index (χ1n) is 9.15. The lowest BCUT2D eigenvalue weighted by molar-refractivity contribution is -0.131. The fourth-order valence-electron chi connectivity index (χ4n) is 3.36. The molecule has 0 saturated carbocycles. The van der Waals surface area contributed by atoms with E-state index in [4.69, 9.17) is 0 Å². The van der Waals surface area contributed by atoms with Crippen molar-refractivity contribution in [3.05, 3.63) is 63.9 Å². The van der Waals surface area contributed by atoms with Gasteiger partial charge in [-0.15, -0.1) is 11.3 Å². The van der Waals surface area contributed by atoms with Gasteiger partial charge < -0.3 is 15.1 Å². The van der Waals surface area contributed by atoms with E-state index in [9.17, 15) is 9.59 Å². The number of urea groups is 1. The Balaban J connectivity index is 1.33. The van der Waals surface area contributed by atoms with E-state index >= 15 is 0 Å². The maximum absolute atomic E-state index is 12.7. The fourth-order valence-corrected chi connectivity index (χ4v) is 4.71. The van der Waals surface area contributed by atoms with Crippen LogP contribution in [0.5, 0.6) is 0 Å². The van der Waals surface area contributed by atoms with Crippen LogP contribution in [-0.4, -0.2) is 47.9 Å². The number of hydrogen-bond donors (Lipinski definition) is 1. The molecule has 0 bridgehead atoms. The van der Waals surface area contributed by atoms with Gasteiger partial charge in [-0.25, -0.2) is 4.79 Å². The van der Waals surface area contributed by atoms with E-state index < -0.39 is 0 Å². The van der Waals surface area contributed by atoms with Crippen LogP contribution >= 0.6 is 27.3 Å². The molecule has 1 N–H and O–H groups in total. The van der Waals surface area contributed by atoms with E-state index in [1.807, 2.05) is 41.3 Å². The molecule has 0 aliphatic carbocycles. The fraction of sp³-hybridized carbons (Fsp3) is 0.238. The van der Waals surface area contributed by atoms with Gasteiger partial charge in [-0.3, -0.25) is 4.79 Å². The number of carbonyl (C=O) groups is 2. The Labute approximate surface area is 176 Å². The Bertz CT molecular complexity index is 1010. The van der Waals surface area contributed by atoms with Crippen molar-refractivity contribution in [2.75, 3.05) is 31.5 Å². The summed E-state index contributed by atoms with van der Waals surface area (Å²) < 4.78 is 2.05. The maximum atomic E-state index is 12.7. The molecular weight excluding hydrogens is 438 g/mol. The summed E-state index contributed by atoms with van der Waals surface area (Å²) in [7, 11) is 0. The number of para-hydroxylation sites is 1. The van der Waals surface area contributed by atoms with E-state index in [2.05, 4.69) is 38.8 Å². The van der Waals surface area contributed by atoms with Crippen LogP contribution in [0.15, 0.2) is 58.4 Å². The summed E-state index contributed by atoms with van der Waals surface area (Å²) in [6.07, 6.45) is 0.410. The topological polar surface area (TPSA) is 52.7 Å². The number of fused-ring (bicyclic) bond motifs is 1. The molecule has 7 heteroatoms. The van der Waals surface area contributed by atoms with Crippen LogP contribution < -0.4 is 5.32 Å². The van der Waals surface area contributed by atoms with Gasteiger partial charge in [-0.05, 0) is 50.5 Å². The van der Waals surface area contributed by atoms with Crippen molar-refractivity contribution < 1.29 is 9.59 Å². The van der Waals surface area contributed by atoms with Gasteiger partial charge in [0, 0.05) is 35.4 Å². The second-order valence-electron chi connectivity index (χ2n) is 6.71. The standard InChI is InChI=1S/C21H20BrN3O2S/c22-17-6-2-3-7-18(17)23-21(27)25-11-9-24(10-12-25)20(26)13-15-14-28-19-8-4-1-5-16(15)19/h1-8,14H,9-13H2,(H,23,27). The highest BCUT2D eigenvalue weighted by molar-refractivity contribution is 9.10. The lowest BCUT2D eigenvalue weighted by Gasteiger charge is -2.34. The number of rotatable bonds is 3. The van der Waals surface area contributed by atoms with Crippen molar-refractivity contribution in [1.82, 2.24) is 9.80 Å². The predicted octanol–water partition coefficient (Wildman–Crippen LogP) is 4.58. The van der Waals surface area contributed by atoms with Gasteiger partial charge in [-0.2, -0.15) is 0 Å². The van der Waals surface area contributed by atoms with Gasteiger partial charge >= 0.3 is 6.03 Å². The molecule has 2 aromatic carbocycles. The quantitative estimate of drug-likeness (QED) is 0.625. The molecule has 1 aliphatic rings. The largest absolute Gasteiger partial charge is 0.339 e. The molecule has 0 unspecified atom stereocenters. The summed E-state index contributed by atoms with van der Waals surface area (Å²) in [5.74, 6) is 0.120. The number of carbonyl (C=O) groups excluding carboxylic acids is 2. The smallest absolute Gasteiger partial charge is 0.321 e. The summed E-state index contributed by atoms with van der Waals surface area (Å²) in [4.78, 5) is 28.8. The van der Waals surface area contributed by atoms with Crippen molar-refractivity contribution in [3.63, 3.8) is 0 Å². The van der Waals surface area contributed by atoms with Gasteiger partial charge in [0.2, 0.25) is 5.91 Å². The average molecular weight is 458 g/mol. The van der Waals surface area contributed by atoms with Crippen LogP contribution in [0.2, 0.25) is 0 Å². The van der Waals surface area contributed by atoms with Gasteiger partial charge in [-0.1, -0.05) is 30.3 Å². The zero-order chi connectivity index (χ0) is 19.5. The van der Waals surface area contributed by atoms with Gasteiger partial charge in [0.1, 0.15) is 0 Å². The average Bonchev–Trinajstić information content (AvgIpc) is 3.13. The normalized spacial score (nSPS) is 14.3. The van der Waals surface area contributed by atoms with Gasteiger partial charge in [0.15, 0.2) is 0 Å². The summed E-state index contributed by atoms with van der Waals surface area (Å²) in [5, 5.41) is 6.15. The van der Waals surface area contributed by atoms with Crippen LogP contribution in [0, 0.1) is 0 Å². The Morgan fingerprint density at radius 3 is 2.43 bits per heavy atom. The first-order valence-corrected chi connectivity index (χ1v) is 10.8. The van der Waals surface area contributed by atoms with Crippen LogP contribution in [0.1, 0.15) is 5.56 Å². The number of amides is 3. The van der Waals surface area contributed by atoms with E-state index in [0.29, 0.717) is 32.6 Å². The first-order chi connectivity index (χ1) is 13.6. The van der Waals surface area contributed by atoms with Crippen LogP contribution in [0.4, 0.5) is 10.5 Å². The number of piperazine rings is 1. The lowest BCUT2D eigenvalue weighted by atomic mass is 10.1. The molecule has 1 fully saturated rings. The number of thiophene rings is 1. The molecule has 3 amide bonds. The van der Waals surface area contributed by atoms with Crippen LogP contribution in [0.3, 0.4) is 0 Å². The highest BCUT2D eigenvalue weighted by Crippen LogP contribution is 2.26. The molecule has 1 aromatic heterocycles. The van der Waals surface area contributed by atoms with Crippen molar-refractivity contribution in [3.8, 4) is 0 Å². The highest BCUT2D eigenvalue weighted by atomic mass is 79.9. The molecule has 0 radical (unpaired) electrons. The first kappa shape index (κ1) is 19.0. The molecule has 28 heavy (non-hydrogen) atoms. The monoisotopic (exact) mass is 457 g/mol. The molecule has 2 heterocycles. The molecular formula is C21H20BrN3O2S. The zero-order valence-corrected chi connectivity index (χ0v) is 17.6. The number of benzene rings is 2. The molecule has 0 atom stereocenters. The minimum Gasteiger partial charge on any atom is -0.339 e. The highest BCUT2D eigenvalue weighted by Gasteiger charge is 2.25. The van der Waals surface area contributed by atoms with Crippen LogP contribution in [0.25, 0.3) is 10.1 Å². The predicted molar refractivity (Wildman–Crippen MR) is 117 cm³/mol. The molecule has 0 spiro atoms. The number of nitrogens with zero attached hydrogens (tertiary/aromatic N) is 2. The van der Waals surface area contributed by atoms with E-state index in [-0.39, 0.29) is 11.9 Å². The van der Waals surface area contributed by atoms with E-state index in [0.717, 1.165) is 21.1 Å². The summed E-state index contributed by atoms with van der Waals surface area (Å²) in [5.41, 5.74) is 1.83. The van der Waals surface area contributed by atoms with E-state index in [1.165, 1.54) is 4.70 Å². The molecule has 144 valence electrons. The van der Waals surface area contributed by atoms with Crippen molar-refractivity contribution in [2.45, 2.75) is 6.42 Å². The van der Waals surface area contributed by atoms with Crippen molar-refractivity contribution in [1.29, 1.82) is 0 Å². The third-order valence-electron chi connectivity index (χ3n) is 4.94. The molecule has 3 aromatic rings. The lowest BCUT2D eigenvalue weighted by Crippen LogP contribution is -2.52. The second-order valence-corrected chi connectivity index (χ2v) is 8.48. The minimum absolute atomic E-state index is 0.120. The molecule has 4 rings (SSSR count). The van der Waals surface area contributed by atoms with Gasteiger partial charge in [0.05, 0.1) is 12.1 Å². The number of hydrogen-bond acceptors (Lipinski definition) is 3. The zero-order valence-electron chi connectivity index (χ0n) is 15.2. The Kier molecular flexibility index (Phi) is 5.64. The Hall–Kier alpha value is -2.38. The maximum Gasteiger partial charge on any atom is 0.321 e. The number of halogens is 1. The minimum atomic E-state index is -0.136. The summed E-state index contributed by atoms with van der Waals surface area (Å²) in [6, 6.07) is 15.6. The Morgan fingerprint density at radius 1 is 0.964 bits per heavy atom. The van der Waals surface area contributed by atoms with Crippen molar-refractivity contribution in [2.24, 2.45) is 0 Å². The molecule has 1 saturated heterocycles. The number of nitrogens with one attached hydrogen (secondary N) is 1. The second kappa shape index (κ2) is 8.32. The van der Waals surface area contributed by atoms with Crippen LogP contribution in [-0.2, 0) is 11.2 Å². The SMILES string of the molecule is O=C(Cc1csc2ccccc12)N1CCN(C(=O)Nc2ccccc2Br)CC1. The third-order valence-corrected chi connectivity index (χ3v) is 6.64. The summed E-state index contributed by atoms with van der Waals surface area (Å²) in [6.45, 7) is 2.19. The molecule has 5 nitrogen and oxygen atoms in total. The third kappa shape index (κ3) is 4.05. The summed E-state index contributed by atoms with van der Waals surface area (Å²) >= 11 is 5.11. The molecule has 1 aliphatic heterocycles. The van der Waals surface area contributed by atoms with E-state index in [1.54, 1.807) is 16.2 Å². The van der Waals surface area contributed by atoms with Gasteiger partial charge in [0.25, 0.3) is 0 Å². The van der Waals surface area contributed by atoms with Crippen molar-refractivity contribution >= 4 is 55.0 Å².